The van der Waals surface area contributed by atoms with Gasteiger partial charge in [-0.1, -0.05) is 33.6 Å². The highest BCUT2D eigenvalue weighted by Crippen LogP contribution is 2.15. The van der Waals surface area contributed by atoms with Gasteiger partial charge in [0.05, 0.1) is 0 Å². The molecule has 1 aliphatic heterocycles. The number of allylic oxidation sites excluding steroid dienone is 1. The van der Waals surface area contributed by atoms with Crippen LogP contribution in [0.25, 0.3) is 0 Å². The average molecular weight is 351 g/mol. The smallest absolute Gasteiger partial charge is 0.253 e. The quantitative estimate of drug-likeness (QED) is 0.778. The number of amides is 1. The fraction of sp³-hybridized carbons (Fsp3) is 0.471. The zero-order valence-electron chi connectivity index (χ0n) is 12.8. The van der Waals surface area contributed by atoms with Gasteiger partial charge < -0.3 is 4.90 Å². The molecule has 0 bridgehead atoms. The van der Waals surface area contributed by atoms with Gasteiger partial charge in [0.2, 0.25) is 0 Å². The van der Waals surface area contributed by atoms with Crippen LogP contribution >= 0.6 is 15.9 Å². The van der Waals surface area contributed by atoms with Gasteiger partial charge in [-0.05, 0) is 38.5 Å². The number of carbonyl (C=O) groups is 1. The lowest BCUT2D eigenvalue weighted by atomic mass is 10.2. The molecule has 0 aliphatic carbocycles. The first kappa shape index (κ1) is 16.2. The molecular weight excluding hydrogens is 328 g/mol. The molecule has 1 amide bonds. The average Bonchev–Trinajstić information content (AvgIpc) is 2.70. The maximum atomic E-state index is 12.6. The molecule has 0 radical (unpaired) electrons. The first-order valence-corrected chi connectivity index (χ1v) is 8.26. The van der Waals surface area contributed by atoms with E-state index in [1.807, 2.05) is 29.2 Å². The molecule has 1 fully saturated rings. The van der Waals surface area contributed by atoms with E-state index in [0.717, 1.165) is 49.2 Å². The fourth-order valence-electron chi connectivity index (χ4n) is 2.47. The van der Waals surface area contributed by atoms with Gasteiger partial charge in [0.1, 0.15) is 0 Å². The van der Waals surface area contributed by atoms with Gasteiger partial charge in [-0.25, -0.2) is 0 Å². The van der Waals surface area contributed by atoms with Crippen LogP contribution in [0.3, 0.4) is 0 Å². The summed E-state index contributed by atoms with van der Waals surface area (Å²) in [5, 5.41) is 0. The topological polar surface area (TPSA) is 23.6 Å². The molecule has 0 N–H and O–H groups in total. The molecule has 1 aliphatic rings. The summed E-state index contributed by atoms with van der Waals surface area (Å²) in [7, 11) is 0. The molecule has 114 valence electrons. The molecular formula is C17H23BrN2O. The van der Waals surface area contributed by atoms with Crippen LogP contribution in [0.4, 0.5) is 0 Å². The Balaban J connectivity index is 1.96. The zero-order valence-corrected chi connectivity index (χ0v) is 14.4. The Hall–Kier alpha value is -1.13. The van der Waals surface area contributed by atoms with E-state index >= 15 is 0 Å². The predicted molar refractivity (Wildman–Crippen MR) is 90.5 cm³/mol. The minimum Gasteiger partial charge on any atom is -0.337 e. The first-order chi connectivity index (χ1) is 10.1. The summed E-state index contributed by atoms with van der Waals surface area (Å²) < 4.78 is 0.952. The van der Waals surface area contributed by atoms with Crippen LogP contribution in [-0.2, 0) is 0 Å². The Kier molecular flexibility index (Phi) is 6.00. The van der Waals surface area contributed by atoms with Gasteiger partial charge in [0.25, 0.3) is 5.91 Å². The van der Waals surface area contributed by atoms with Gasteiger partial charge in [-0.15, -0.1) is 0 Å². The van der Waals surface area contributed by atoms with E-state index in [-0.39, 0.29) is 5.91 Å². The molecule has 0 spiro atoms. The van der Waals surface area contributed by atoms with E-state index in [1.54, 1.807) is 0 Å². The number of nitrogens with zero attached hydrogens (tertiary/aromatic N) is 2. The molecule has 0 saturated carbocycles. The lowest BCUT2D eigenvalue weighted by molar-refractivity contribution is 0.0762. The van der Waals surface area contributed by atoms with Crippen LogP contribution in [0.15, 0.2) is 40.4 Å². The Labute approximate surface area is 135 Å². The fourth-order valence-corrected chi connectivity index (χ4v) is 2.87. The second-order valence-electron chi connectivity index (χ2n) is 5.74. The minimum atomic E-state index is 0.139. The van der Waals surface area contributed by atoms with Crippen molar-refractivity contribution in [1.82, 2.24) is 9.80 Å². The monoisotopic (exact) mass is 350 g/mol. The van der Waals surface area contributed by atoms with E-state index in [4.69, 9.17) is 0 Å². The summed E-state index contributed by atoms with van der Waals surface area (Å²) in [5.41, 5.74) is 2.11. The van der Waals surface area contributed by atoms with E-state index in [2.05, 4.69) is 40.8 Å². The van der Waals surface area contributed by atoms with Crippen LogP contribution in [0, 0.1) is 0 Å². The van der Waals surface area contributed by atoms with Crippen LogP contribution in [-0.4, -0.2) is 48.4 Å². The molecule has 0 aromatic heterocycles. The van der Waals surface area contributed by atoms with Crippen LogP contribution < -0.4 is 0 Å². The Morgan fingerprint density at radius 3 is 2.76 bits per heavy atom. The van der Waals surface area contributed by atoms with E-state index in [9.17, 15) is 4.79 Å². The van der Waals surface area contributed by atoms with Crippen molar-refractivity contribution in [1.29, 1.82) is 0 Å². The second kappa shape index (κ2) is 7.76. The van der Waals surface area contributed by atoms with Crippen LogP contribution in [0.5, 0.6) is 0 Å². The van der Waals surface area contributed by atoms with Crippen molar-refractivity contribution in [2.24, 2.45) is 0 Å². The van der Waals surface area contributed by atoms with Gasteiger partial charge >= 0.3 is 0 Å². The Bertz CT molecular complexity index is 523. The number of hydrogen-bond donors (Lipinski definition) is 0. The SMILES string of the molecule is CC(C)=CCN1CCCN(C(=O)c2cccc(Br)c2)CC1. The summed E-state index contributed by atoms with van der Waals surface area (Å²) in [6, 6.07) is 7.64. The zero-order chi connectivity index (χ0) is 15.2. The highest BCUT2D eigenvalue weighted by Gasteiger charge is 2.19. The highest BCUT2D eigenvalue weighted by molar-refractivity contribution is 9.10. The normalized spacial score (nSPS) is 16.4. The Morgan fingerprint density at radius 1 is 1.24 bits per heavy atom. The highest BCUT2D eigenvalue weighted by atomic mass is 79.9. The van der Waals surface area contributed by atoms with Crippen molar-refractivity contribution < 1.29 is 4.79 Å². The van der Waals surface area contributed by atoms with Crippen molar-refractivity contribution in [3.63, 3.8) is 0 Å². The molecule has 3 nitrogen and oxygen atoms in total. The number of carbonyl (C=O) groups excluding carboxylic acids is 1. The largest absolute Gasteiger partial charge is 0.337 e. The van der Waals surface area contributed by atoms with E-state index in [1.165, 1.54) is 5.57 Å². The number of rotatable bonds is 3. The van der Waals surface area contributed by atoms with Crippen molar-refractivity contribution in [2.75, 3.05) is 32.7 Å². The van der Waals surface area contributed by atoms with Crippen molar-refractivity contribution >= 4 is 21.8 Å². The van der Waals surface area contributed by atoms with Crippen molar-refractivity contribution in [3.05, 3.63) is 46.0 Å². The minimum absolute atomic E-state index is 0.139. The summed E-state index contributed by atoms with van der Waals surface area (Å²) >= 11 is 3.43. The Morgan fingerprint density at radius 2 is 2.05 bits per heavy atom. The summed E-state index contributed by atoms with van der Waals surface area (Å²) in [4.78, 5) is 16.9. The molecule has 4 heteroatoms. The maximum absolute atomic E-state index is 12.6. The second-order valence-corrected chi connectivity index (χ2v) is 6.65. The predicted octanol–water partition coefficient (Wildman–Crippen LogP) is 3.56. The third-order valence-corrected chi connectivity index (χ3v) is 4.20. The third kappa shape index (κ3) is 4.97. The molecule has 2 rings (SSSR count). The number of hydrogen-bond acceptors (Lipinski definition) is 2. The van der Waals surface area contributed by atoms with E-state index < -0.39 is 0 Å². The van der Waals surface area contributed by atoms with Crippen LogP contribution in [0.2, 0.25) is 0 Å². The maximum Gasteiger partial charge on any atom is 0.253 e. The molecule has 1 aromatic rings. The number of benzene rings is 1. The molecule has 1 heterocycles. The lowest BCUT2D eigenvalue weighted by Crippen LogP contribution is -2.35. The summed E-state index contributed by atoms with van der Waals surface area (Å²) in [6.07, 6.45) is 3.29. The van der Waals surface area contributed by atoms with Crippen LogP contribution in [0.1, 0.15) is 30.6 Å². The van der Waals surface area contributed by atoms with Gasteiger partial charge in [0, 0.05) is 42.8 Å². The van der Waals surface area contributed by atoms with E-state index in [0.29, 0.717) is 0 Å². The third-order valence-electron chi connectivity index (χ3n) is 3.71. The molecule has 1 saturated heterocycles. The first-order valence-electron chi connectivity index (χ1n) is 7.47. The lowest BCUT2D eigenvalue weighted by Gasteiger charge is -2.21. The van der Waals surface area contributed by atoms with Crippen molar-refractivity contribution in [2.45, 2.75) is 20.3 Å². The molecule has 0 unspecified atom stereocenters. The number of halogens is 1. The standard InChI is InChI=1S/C17H23BrN2O/c1-14(2)7-10-19-8-4-9-20(12-11-19)17(21)15-5-3-6-16(18)13-15/h3,5-7,13H,4,8-12H2,1-2H3. The molecule has 0 atom stereocenters. The van der Waals surface area contributed by atoms with Gasteiger partial charge in [0.15, 0.2) is 0 Å². The molecule has 21 heavy (non-hydrogen) atoms. The van der Waals surface area contributed by atoms with Crippen molar-refractivity contribution in [3.8, 4) is 0 Å². The van der Waals surface area contributed by atoms with Gasteiger partial charge in [-0.3, -0.25) is 9.69 Å². The summed E-state index contributed by atoms with van der Waals surface area (Å²) in [5.74, 6) is 0.139. The van der Waals surface area contributed by atoms with Gasteiger partial charge in [-0.2, -0.15) is 0 Å². The summed E-state index contributed by atoms with van der Waals surface area (Å²) in [6.45, 7) is 8.90. The molecule has 1 aromatic carbocycles.